The third-order valence-electron chi connectivity index (χ3n) is 4.72. The summed E-state index contributed by atoms with van der Waals surface area (Å²) in [6.07, 6.45) is -5.42. The van der Waals surface area contributed by atoms with Crippen LogP contribution in [0.2, 0.25) is 0 Å². The van der Waals surface area contributed by atoms with Gasteiger partial charge in [0.1, 0.15) is 0 Å². The maximum atomic E-state index is 13.0. The fourth-order valence-electron chi connectivity index (χ4n) is 3.23. The highest BCUT2D eigenvalue weighted by Gasteiger charge is 2.37. The monoisotopic (exact) mass is 480 g/mol. The summed E-state index contributed by atoms with van der Waals surface area (Å²) >= 11 is 0. The Hall–Kier alpha value is -4.29. The second-order valence-corrected chi connectivity index (χ2v) is 7.10. The Morgan fingerprint density at radius 1 is 0.882 bits per heavy atom. The molecule has 4 N–H and O–H groups in total. The van der Waals surface area contributed by atoms with Gasteiger partial charge < -0.3 is 16.4 Å². The van der Waals surface area contributed by atoms with E-state index >= 15 is 0 Å². The van der Waals surface area contributed by atoms with Gasteiger partial charge in [-0.05, 0) is 30.3 Å². The third-order valence-corrected chi connectivity index (χ3v) is 4.72. The summed E-state index contributed by atoms with van der Waals surface area (Å²) in [5.41, 5.74) is 3.91. The lowest BCUT2D eigenvalue weighted by Gasteiger charge is -2.15. The Kier molecular flexibility index (Phi) is 5.55. The molecule has 4 rings (SSSR count). The molecule has 0 aliphatic rings. The van der Waals surface area contributed by atoms with Gasteiger partial charge in [0.05, 0.1) is 23.0 Å². The van der Waals surface area contributed by atoms with E-state index in [0.29, 0.717) is 29.0 Å². The minimum absolute atomic E-state index is 0.0231. The van der Waals surface area contributed by atoms with Crippen molar-refractivity contribution in [3.63, 3.8) is 0 Å². The minimum atomic E-state index is -5.03. The number of hydrogen-bond acceptors (Lipinski definition) is 4. The molecule has 0 fully saturated rings. The van der Waals surface area contributed by atoms with Crippen molar-refractivity contribution >= 4 is 28.9 Å². The molecule has 0 atom stereocenters. The van der Waals surface area contributed by atoms with E-state index in [1.54, 1.807) is 28.8 Å². The maximum Gasteiger partial charge on any atom is 0.416 e. The number of amides is 2. The average Bonchev–Trinajstić information content (AvgIpc) is 3.18. The highest BCUT2D eigenvalue weighted by Crippen LogP contribution is 2.37. The van der Waals surface area contributed by atoms with E-state index in [9.17, 15) is 31.1 Å². The van der Waals surface area contributed by atoms with Crippen LogP contribution < -0.4 is 16.4 Å². The number of hydrogen-bond donors (Lipinski definition) is 3. The lowest BCUT2D eigenvalue weighted by molar-refractivity contribution is -0.143. The van der Waals surface area contributed by atoms with Gasteiger partial charge in [-0.3, -0.25) is 4.40 Å². The first-order chi connectivity index (χ1) is 15.9. The fourth-order valence-corrected chi connectivity index (χ4v) is 3.23. The van der Waals surface area contributed by atoms with Gasteiger partial charge >= 0.3 is 18.4 Å². The first-order valence-corrected chi connectivity index (χ1v) is 9.47. The van der Waals surface area contributed by atoms with Gasteiger partial charge in [0.2, 0.25) is 0 Å². The fraction of sp³-hybridized carbons (Fsp3) is 0.0952. The van der Waals surface area contributed by atoms with Gasteiger partial charge in [-0.15, -0.1) is 0 Å². The SMILES string of the molecule is Nc1nccn2c(-c3cccc(NC(=O)Nc4cc(C(F)(F)F)cc(C(F)(F)F)c4)c3)cnc12. The number of alkyl halides is 6. The second kappa shape index (κ2) is 8.24. The molecule has 0 aliphatic carbocycles. The number of fused-ring (bicyclic) bond motifs is 1. The predicted molar refractivity (Wildman–Crippen MR) is 112 cm³/mol. The number of urea groups is 1. The van der Waals surface area contributed by atoms with Crippen molar-refractivity contribution in [3.05, 3.63) is 72.2 Å². The highest BCUT2D eigenvalue weighted by molar-refractivity contribution is 6.00. The van der Waals surface area contributed by atoms with Gasteiger partial charge in [0.25, 0.3) is 0 Å². The van der Waals surface area contributed by atoms with E-state index in [1.165, 1.54) is 18.5 Å². The van der Waals surface area contributed by atoms with Crippen LogP contribution in [0.15, 0.2) is 61.1 Å². The average molecular weight is 480 g/mol. The number of nitrogens with one attached hydrogen (secondary N) is 2. The van der Waals surface area contributed by atoms with Crippen molar-refractivity contribution in [1.82, 2.24) is 14.4 Å². The predicted octanol–water partition coefficient (Wildman–Crippen LogP) is 5.66. The van der Waals surface area contributed by atoms with Crippen molar-refractivity contribution < 1.29 is 31.1 Å². The number of benzene rings is 2. The Balaban J connectivity index is 1.58. The van der Waals surface area contributed by atoms with Crippen LogP contribution in [0.25, 0.3) is 16.9 Å². The van der Waals surface area contributed by atoms with Crippen LogP contribution in [-0.4, -0.2) is 20.4 Å². The molecule has 13 heteroatoms. The molecule has 0 bridgehead atoms. The Labute approximate surface area is 187 Å². The molecule has 0 radical (unpaired) electrons. The molecule has 0 unspecified atom stereocenters. The summed E-state index contributed by atoms with van der Waals surface area (Å²) in [4.78, 5) is 20.5. The number of halogens is 6. The molecular formula is C21H14F6N6O. The quantitative estimate of drug-likeness (QED) is 0.330. The number of imidazole rings is 1. The van der Waals surface area contributed by atoms with Gasteiger partial charge in [-0.2, -0.15) is 26.3 Å². The molecule has 0 aliphatic heterocycles. The van der Waals surface area contributed by atoms with Crippen molar-refractivity contribution in [2.45, 2.75) is 12.4 Å². The number of nitrogens with two attached hydrogens (primary N) is 1. The first kappa shape index (κ1) is 22.9. The van der Waals surface area contributed by atoms with Crippen LogP contribution in [0.1, 0.15) is 11.1 Å². The zero-order valence-electron chi connectivity index (χ0n) is 16.9. The number of aromatic nitrogens is 3. The van der Waals surface area contributed by atoms with Gasteiger partial charge in [-0.25, -0.2) is 14.8 Å². The van der Waals surface area contributed by atoms with Crippen LogP contribution in [0, 0.1) is 0 Å². The van der Waals surface area contributed by atoms with Crippen LogP contribution in [0.5, 0.6) is 0 Å². The molecule has 0 saturated heterocycles. The summed E-state index contributed by atoms with van der Waals surface area (Å²) < 4.78 is 79.8. The molecule has 176 valence electrons. The molecule has 7 nitrogen and oxygen atoms in total. The standard InChI is InChI=1S/C21H14F6N6O/c22-20(23,24)12-7-13(21(25,26)27)9-15(8-12)32-19(34)31-14-3-1-2-11(6-14)16-10-30-18-17(28)29-4-5-33(16)18/h1-10H,(H2,28,29)(H2,31,32,34). The van der Waals surface area contributed by atoms with Gasteiger partial charge in [-0.1, -0.05) is 12.1 Å². The third kappa shape index (κ3) is 4.72. The molecule has 34 heavy (non-hydrogen) atoms. The summed E-state index contributed by atoms with van der Waals surface area (Å²) in [6, 6.07) is 6.14. The molecule has 2 amide bonds. The van der Waals surface area contributed by atoms with Crippen LogP contribution >= 0.6 is 0 Å². The van der Waals surface area contributed by atoms with Crippen LogP contribution in [0.4, 0.5) is 48.3 Å². The maximum absolute atomic E-state index is 13.0. The Morgan fingerprint density at radius 3 is 2.18 bits per heavy atom. The van der Waals surface area contributed by atoms with E-state index in [1.807, 2.05) is 5.32 Å². The minimum Gasteiger partial charge on any atom is -0.381 e. The first-order valence-electron chi connectivity index (χ1n) is 9.47. The molecule has 4 aromatic rings. The summed E-state index contributed by atoms with van der Waals surface area (Å²) in [6.45, 7) is 0. The summed E-state index contributed by atoms with van der Waals surface area (Å²) in [5, 5.41) is 4.40. The lowest BCUT2D eigenvalue weighted by atomic mass is 10.1. The molecule has 0 saturated carbocycles. The highest BCUT2D eigenvalue weighted by atomic mass is 19.4. The molecule has 2 aromatic heterocycles. The van der Waals surface area contributed by atoms with E-state index in [0.717, 1.165) is 0 Å². The number of rotatable bonds is 3. The van der Waals surface area contributed by atoms with E-state index < -0.39 is 35.2 Å². The molecule has 2 heterocycles. The zero-order chi connectivity index (χ0) is 24.7. The number of nitrogens with zero attached hydrogens (tertiary/aromatic N) is 3. The number of anilines is 3. The lowest BCUT2D eigenvalue weighted by Crippen LogP contribution is -2.20. The van der Waals surface area contributed by atoms with Crippen molar-refractivity contribution in [3.8, 4) is 11.3 Å². The summed E-state index contributed by atoms with van der Waals surface area (Å²) in [7, 11) is 0. The summed E-state index contributed by atoms with van der Waals surface area (Å²) in [5.74, 6) is 0.210. The van der Waals surface area contributed by atoms with Crippen LogP contribution in [-0.2, 0) is 12.4 Å². The van der Waals surface area contributed by atoms with Crippen molar-refractivity contribution in [2.24, 2.45) is 0 Å². The van der Waals surface area contributed by atoms with E-state index in [4.69, 9.17) is 5.73 Å². The largest absolute Gasteiger partial charge is 0.416 e. The van der Waals surface area contributed by atoms with E-state index in [-0.39, 0.29) is 17.6 Å². The molecule has 2 aromatic carbocycles. The van der Waals surface area contributed by atoms with Crippen molar-refractivity contribution in [1.29, 1.82) is 0 Å². The van der Waals surface area contributed by atoms with Gasteiger partial charge in [0, 0.05) is 29.3 Å². The molecular weight excluding hydrogens is 466 g/mol. The smallest absolute Gasteiger partial charge is 0.381 e. The zero-order valence-corrected chi connectivity index (χ0v) is 16.9. The topological polar surface area (TPSA) is 97.3 Å². The Morgan fingerprint density at radius 2 is 1.53 bits per heavy atom. The number of carbonyl (C=O) groups is 1. The van der Waals surface area contributed by atoms with Gasteiger partial charge in [0.15, 0.2) is 11.5 Å². The Bertz CT molecular complexity index is 1350. The number of carbonyl (C=O) groups excluding carboxylic acids is 1. The van der Waals surface area contributed by atoms with E-state index in [2.05, 4.69) is 15.3 Å². The van der Waals surface area contributed by atoms with Crippen LogP contribution in [0.3, 0.4) is 0 Å². The molecule has 0 spiro atoms. The second-order valence-electron chi connectivity index (χ2n) is 7.10. The number of nitrogen functional groups attached to an aromatic ring is 1. The van der Waals surface area contributed by atoms with Crippen molar-refractivity contribution in [2.75, 3.05) is 16.4 Å². The normalized spacial score (nSPS) is 12.1.